The molecule has 4 amide bonds. The number of allylic oxidation sites excluding steroid dienone is 2. The molecular weight excluding hydrogens is 693 g/mol. The molecular formula is C43H33ClFN3O5. The monoisotopic (exact) mass is 725 g/mol. The summed E-state index contributed by atoms with van der Waals surface area (Å²) >= 11 is 6.14. The van der Waals surface area contributed by atoms with Gasteiger partial charge < -0.3 is 10.4 Å². The van der Waals surface area contributed by atoms with E-state index in [0.29, 0.717) is 16.5 Å². The van der Waals surface area contributed by atoms with Crippen LogP contribution in [0, 0.1) is 34.9 Å². The number of amides is 4. The van der Waals surface area contributed by atoms with Gasteiger partial charge in [0.2, 0.25) is 23.6 Å². The molecule has 5 aromatic rings. The van der Waals surface area contributed by atoms with Crippen molar-refractivity contribution in [1.82, 2.24) is 0 Å². The smallest absolute Gasteiger partial charge is 0.241 e. The number of benzene rings is 5. The second-order valence-corrected chi connectivity index (χ2v) is 14.9. The van der Waals surface area contributed by atoms with Gasteiger partial charge in [0.05, 0.1) is 39.6 Å². The highest BCUT2D eigenvalue weighted by Gasteiger charge is 2.67. The van der Waals surface area contributed by atoms with Crippen LogP contribution >= 0.6 is 11.6 Å². The number of hydrogen-bond acceptors (Lipinski definition) is 6. The van der Waals surface area contributed by atoms with Gasteiger partial charge in [-0.15, -0.1) is 0 Å². The highest BCUT2D eigenvalue weighted by molar-refractivity contribution is 6.32. The van der Waals surface area contributed by atoms with Crippen LogP contribution < -0.4 is 15.1 Å². The van der Waals surface area contributed by atoms with Gasteiger partial charge in [-0.1, -0.05) is 71.8 Å². The molecule has 8 nitrogen and oxygen atoms in total. The molecule has 9 rings (SSSR count). The van der Waals surface area contributed by atoms with Crippen LogP contribution in [0.15, 0.2) is 121 Å². The largest absolute Gasteiger partial charge is 0.507 e. The van der Waals surface area contributed by atoms with Gasteiger partial charge in [0.1, 0.15) is 11.6 Å². The first-order valence-electron chi connectivity index (χ1n) is 17.6. The zero-order valence-electron chi connectivity index (χ0n) is 28.5. The Labute approximate surface area is 309 Å². The first kappa shape index (κ1) is 33.1. The summed E-state index contributed by atoms with van der Waals surface area (Å²) < 4.78 is 14.3. The van der Waals surface area contributed by atoms with Crippen LogP contribution in [0.2, 0.25) is 5.02 Å². The number of para-hydroxylation sites is 1. The summed E-state index contributed by atoms with van der Waals surface area (Å²) in [5.74, 6) is -5.65. The molecule has 3 fully saturated rings. The number of phenolic OH excluding ortho intramolecular Hbond substituents is 1. The van der Waals surface area contributed by atoms with Crippen LogP contribution in [0.3, 0.4) is 0 Å². The summed E-state index contributed by atoms with van der Waals surface area (Å²) in [6.45, 7) is 1.79. The molecule has 0 bridgehead atoms. The predicted molar refractivity (Wildman–Crippen MR) is 200 cm³/mol. The van der Waals surface area contributed by atoms with Crippen LogP contribution in [-0.4, -0.2) is 28.7 Å². The van der Waals surface area contributed by atoms with E-state index in [1.807, 2.05) is 66.7 Å². The Morgan fingerprint density at radius 3 is 2.17 bits per heavy atom. The summed E-state index contributed by atoms with van der Waals surface area (Å²) in [6.07, 6.45) is 2.45. The van der Waals surface area contributed by atoms with Gasteiger partial charge in [-0.25, -0.2) is 9.29 Å². The van der Waals surface area contributed by atoms with Crippen molar-refractivity contribution in [1.29, 1.82) is 0 Å². The number of rotatable bonds is 5. The van der Waals surface area contributed by atoms with Crippen molar-refractivity contribution in [3.05, 3.63) is 137 Å². The number of hydrogen-bond donors (Lipinski definition) is 2. The van der Waals surface area contributed by atoms with E-state index in [4.69, 9.17) is 11.6 Å². The van der Waals surface area contributed by atoms with E-state index in [9.17, 15) is 28.7 Å². The molecule has 2 aliphatic carbocycles. The number of nitrogens with one attached hydrogen (secondary N) is 1. The Morgan fingerprint density at radius 1 is 0.755 bits per heavy atom. The third kappa shape index (κ3) is 4.87. The van der Waals surface area contributed by atoms with Crippen LogP contribution in [0.1, 0.15) is 31.2 Å². The molecule has 264 valence electrons. The number of anilines is 4. The van der Waals surface area contributed by atoms with Crippen molar-refractivity contribution < 1.29 is 28.7 Å². The Morgan fingerprint density at radius 2 is 1.43 bits per heavy atom. The van der Waals surface area contributed by atoms with Gasteiger partial charge in [-0.05, 0) is 97.3 Å². The normalized spacial score (nSPS) is 26.4. The number of fused-ring (bicyclic) bond motifs is 5. The van der Waals surface area contributed by atoms with E-state index in [-0.39, 0.29) is 41.1 Å². The summed E-state index contributed by atoms with van der Waals surface area (Å²) in [4.78, 5) is 60.4. The molecule has 10 heteroatoms. The van der Waals surface area contributed by atoms with Crippen molar-refractivity contribution in [2.45, 2.75) is 25.7 Å². The third-order valence-electron chi connectivity index (χ3n) is 11.9. The van der Waals surface area contributed by atoms with E-state index in [1.54, 1.807) is 37.3 Å². The number of nitrogens with zero attached hydrogens (tertiary/aromatic N) is 2. The van der Waals surface area contributed by atoms with Gasteiger partial charge in [0.15, 0.2) is 0 Å². The Bertz CT molecular complexity index is 2420. The molecule has 5 aromatic carbocycles. The maximum absolute atomic E-state index is 14.8. The average molecular weight is 726 g/mol. The third-order valence-corrected chi connectivity index (χ3v) is 12.2. The van der Waals surface area contributed by atoms with Gasteiger partial charge in [0, 0.05) is 22.7 Å². The molecule has 2 aliphatic heterocycles. The molecule has 4 aliphatic rings. The molecule has 0 radical (unpaired) electrons. The highest BCUT2D eigenvalue weighted by atomic mass is 35.5. The molecule has 0 aromatic heterocycles. The molecule has 2 N–H and O–H groups in total. The minimum atomic E-state index is -1.32. The Kier molecular flexibility index (Phi) is 7.57. The fraction of sp³-hybridized carbons (Fsp3) is 0.209. The maximum Gasteiger partial charge on any atom is 0.241 e. The summed E-state index contributed by atoms with van der Waals surface area (Å²) in [6, 6.07) is 31.3. The van der Waals surface area contributed by atoms with E-state index >= 15 is 0 Å². The van der Waals surface area contributed by atoms with E-state index in [1.165, 1.54) is 17.0 Å². The van der Waals surface area contributed by atoms with Crippen molar-refractivity contribution in [2.24, 2.45) is 29.1 Å². The number of carbonyl (C=O) groups is 4. The molecule has 6 atom stereocenters. The average Bonchev–Trinajstić information content (AvgIpc) is 3.53. The number of halogens is 2. The second kappa shape index (κ2) is 12.1. The Hall–Kier alpha value is -5.80. The topological polar surface area (TPSA) is 107 Å². The van der Waals surface area contributed by atoms with Crippen LogP contribution in [0.5, 0.6) is 5.75 Å². The van der Waals surface area contributed by atoms with Crippen LogP contribution in [-0.2, 0) is 19.2 Å². The molecule has 1 saturated carbocycles. The standard InChI is InChI=1S/C43H33ClFN3O5/c1-43-33(40(51)48(42(43)53)26-15-19-35(45)34(44)21-26)22-32-30(38(43)29-18-20-36(49)28-10-6-5-9-27(28)29)16-17-31-37(32)41(52)47(39(31)50)25-13-11-24(12-14-25)46-23-7-3-2-4-8-23/h2-16,18-21,31-33,37-38,46,49H,17,22H2,1H3. The van der Waals surface area contributed by atoms with Crippen LogP contribution in [0.4, 0.5) is 27.1 Å². The van der Waals surface area contributed by atoms with Gasteiger partial charge in [-0.3, -0.25) is 24.1 Å². The van der Waals surface area contributed by atoms with Crippen molar-refractivity contribution in [2.75, 3.05) is 15.1 Å². The molecule has 2 heterocycles. The second-order valence-electron chi connectivity index (χ2n) is 14.5. The zero-order chi connectivity index (χ0) is 36.8. The minimum absolute atomic E-state index is 0.0738. The summed E-state index contributed by atoms with van der Waals surface area (Å²) in [7, 11) is 0. The first-order chi connectivity index (χ1) is 25.6. The van der Waals surface area contributed by atoms with Crippen molar-refractivity contribution in [3.63, 3.8) is 0 Å². The Balaban J connectivity index is 1.14. The molecule has 0 spiro atoms. The summed E-state index contributed by atoms with van der Waals surface area (Å²) in [5.41, 5.74) is 2.56. The van der Waals surface area contributed by atoms with Gasteiger partial charge >= 0.3 is 0 Å². The van der Waals surface area contributed by atoms with Crippen LogP contribution in [0.25, 0.3) is 10.8 Å². The lowest BCUT2D eigenvalue weighted by atomic mass is 9.51. The highest BCUT2D eigenvalue weighted by Crippen LogP contribution is 2.64. The lowest BCUT2D eigenvalue weighted by Gasteiger charge is -2.49. The maximum atomic E-state index is 14.8. The lowest BCUT2D eigenvalue weighted by molar-refractivity contribution is -0.131. The number of phenols is 1. The fourth-order valence-corrected chi connectivity index (χ4v) is 9.60. The summed E-state index contributed by atoms with van der Waals surface area (Å²) in [5, 5.41) is 15.2. The van der Waals surface area contributed by atoms with E-state index < -0.39 is 52.6 Å². The number of carbonyl (C=O) groups excluding carboxylic acids is 4. The molecule has 6 unspecified atom stereocenters. The van der Waals surface area contributed by atoms with Gasteiger partial charge in [0.25, 0.3) is 0 Å². The van der Waals surface area contributed by atoms with E-state index in [2.05, 4.69) is 5.32 Å². The molecule has 2 saturated heterocycles. The molecule has 53 heavy (non-hydrogen) atoms. The predicted octanol–water partition coefficient (Wildman–Crippen LogP) is 8.52. The van der Waals surface area contributed by atoms with Crippen molar-refractivity contribution >= 4 is 68.8 Å². The van der Waals surface area contributed by atoms with Gasteiger partial charge in [-0.2, -0.15) is 0 Å². The fourth-order valence-electron chi connectivity index (χ4n) is 9.42. The minimum Gasteiger partial charge on any atom is -0.507 e. The SMILES string of the molecule is CC12C(=O)N(c3ccc(F)c(Cl)c3)C(=O)C1CC1C(=CCC3C(=O)N(c4ccc(Nc5ccccc5)cc4)C(=O)C31)C2c1ccc(O)c2ccccc12. The van der Waals surface area contributed by atoms with Crippen molar-refractivity contribution in [3.8, 4) is 5.75 Å². The number of imide groups is 2. The van der Waals surface area contributed by atoms with E-state index in [0.717, 1.165) is 33.5 Å². The quantitative estimate of drug-likeness (QED) is 0.139. The first-order valence-corrected chi connectivity index (χ1v) is 18.0. The lowest BCUT2D eigenvalue weighted by Crippen LogP contribution is -2.49. The zero-order valence-corrected chi connectivity index (χ0v) is 29.3. The number of aromatic hydroxyl groups is 1.